The number of morpholine rings is 1. The van der Waals surface area contributed by atoms with Crippen molar-refractivity contribution in [2.45, 2.75) is 38.9 Å². The molecule has 1 aromatic heterocycles. The van der Waals surface area contributed by atoms with Crippen molar-refractivity contribution in [3.05, 3.63) is 47.9 Å². The maximum Gasteiger partial charge on any atom is 0.288 e. The zero-order valence-electron chi connectivity index (χ0n) is 19.2. The summed E-state index contributed by atoms with van der Waals surface area (Å²) < 4.78 is 19.1. The number of benzene rings is 1. The highest BCUT2D eigenvalue weighted by Gasteiger charge is 2.40. The Morgan fingerprint density at radius 2 is 1.97 bits per heavy atom. The zero-order chi connectivity index (χ0) is 23.4. The molecule has 2 aromatic rings. The highest BCUT2D eigenvalue weighted by atomic mass is 16.7. The molecule has 2 aliphatic rings. The van der Waals surface area contributed by atoms with Crippen molar-refractivity contribution in [1.82, 2.24) is 9.47 Å². The van der Waals surface area contributed by atoms with E-state index in [1.807, 2.05) is 43.5 Å². The molecule has 1 amide bonds. The van der Waals surface area contributed by atoms with Crippen LogP contribution in [0.5, 0.6) is 0 Å². The van der Waals surface area contributed by atoms with Gasteiger partial charge in [0.25, 0.3) is 5.91 Å². The number of nitrogens with zero attached hydrogens (tertiary/aromatic N) is 2. The van der Waals surface area contributed by atoms with Crippen molar-refractivity contribution in [3.8, 4) is 0 Å². The van der Waals surface area contributed by atoms with Crippen molar-refractivity contribution < 1.29 is 28.9 Å². The molecule has 178 valence electrons. The fourth-order valence-electron chi connectivity index (χ4n) is 4.77. The predicted octanol–water partition coefficient (Wildman–Crippen LogP) is 2.91. The molecule has 0 spiro atoms. The summed E-state index contributed by atoms with van der Waals surface area (Å²) in [4.78, 5) is 27.4. The van der Waals surface area contributed by atoms with E-state index < -0.39 is 6.29 Å². The van der Waals surface area contributed by atoms with Crippen LogP contribution in [0.25, 0.3) is 10.9 Å². The Kier molecular flexibility index (Phi) is 7.47. The van der Waals surface area contributed by atoms with Gasteiger partial charge in [-0.15, -0.1) is 0 Å². The second kappa shape index (κ2) is 10.5. The second-order valence-corrected chi connectivity index (χ2v) is 8.42. The van der Waals surface area contributed by atoms with Gasteiger partial charge in [-0.05, 0) is 37.5 Å². The lowest BCUT2D eigenvalue weighted by Crippen LogP contribution is -2.44. The molecule has 0 unspecified atom stereocenters. The number of allylic oxidation sites excluding steroid dienone is 1. The number of aliphatic hydroxyl groups is 1. The van der Waals surface area contributed by atoms with E-state index in [9.17, 15) is 14.7 Å². The summed E-state index contributed by atoms with van der Waals surface area (Å²) in [7, 11) is 0. The van der Waals surface area contributed by atoms with E-state index in [-0.39, 0.29) is 36.0 Å². The molecule has 0 saturated carbocycles. The maximum absolute atomic E-state index is 13.3. The maximum atomic E-state index is 13.3. The van der Waals surface area contributed by atoms with E-state index in [2.05, 4.69) is 0 Å². The van der Waals surface area contributed by atoms with Gasteiger partial charge in [0.2, 0.25) is 12.2 Å². The molecule has 0 bridgehead atoms. The quantitative estimate of drug-likeness (QED) is 0.689. The third kappa shape index (κ3) is 4.83. The van der Waals surface area contributed by atoms with E-state index >= 15 is 0 Å². The SMILES string of the molecule is CCO[C@@H]1OC(C(=O)N2CCOCC2)=C[C@H](c2cn(C(C)=O)c3ccccc23)[C@@H]1CCCO. The molecule has 4 rings (SSSR count). The number of aliphatic hydroxyl groups excluding tert-OH is 1. The summed E-state index contributed by atoms with van der Waals surface area (Å²) in [6.45, 7) is 5.95. The highest BCUT2D eigenvalue weighted by Crippen LogP contribution is 2.42. The van der Waals surface area contributed by atoms with Gasteiger partial charge < -0.3 is 24.2 Å². The number of ether oxygens (including phenoxy) is 3. The van der Waals surface area contributed by atoms with Crippen LogP contribution in [-0.2, 0) is 19.0 Å². The molecule has 0 aliphatic carbocycles. The first-order chi connectivity index (χ1) is 16.0. The van der Waals surface area contributed by atoms with E-state index in [1.54, 1.807) is 9.47 Å². The van der Waals surface area contributed by atoms with Crippen molar-refractivity contribution in [1.29, 1.82) is 0 Å². The van der Waals surface area contributed by atoms with Crippen molar-refractivity contribution in [2.24, 2.45) is 5.92 Å². The zero-order valence-corrected chi connectivity index (χ0v) is 19.2. The van der Waals surface area contributed by atoms with Gasteiger partial charge in [-0.2, -0.15) is 0 Å². The van der Waals surface area contributed by atoms with E-state index in [4.69, 9.17) is 14.2 Å². The van der Waals surface area contributed by atoms with Gasteiger partial charge in [0.05, 0.1) is 18.7 Å². The minimum absolute atomic E-state index is 0.0561. The van der Waals surface area contributed by atoms with Crippen LogP contribution in [0.2, 0.25) is 0 Å². The molecule has 1 fully saturated rings. The minimum Gasteiger partial charge on any atom is -0.459 e. The molecule has 8 nitrogen and oxygen atoms in total. The van der Waals surface area contributed by atoms with Crippen molar-refractivity contribution in [2.75, 3.05) is 39.5 Å². The van der Waals surface area contributed by atoms with E-state index in [0.717, 1.165) is 16.5 Å². The monoisotopic (exact) mass is 456 g/mol. The number of hydrogen-bond donors (Lipinski definition) is 1. The molecule has 3 heterocycles. The lowest BCUT2D eigenvalue weighted by molar-refractivity contribution is -0.171. The minimum atomic E-state index is -0.629. The molecule has 1 aromatic carbocycles. The summed E-state index contributed by atoms with van der Waals surface area (Å²) in [6.07, 6.45) is 4.35. The summed E-state index contributed by atoms with van der Waals surface area (Å²) in [5.74, 6) is -0.326. The molecular formula is C25H32N2O6. The lowest BCUT2D eigenvalue weighted by atomic mass is 9.80. The number of hydrogen-bond acceptors (Lipinski definition) is 6. The highest BCUT2D eigenvalue weighted by molar-refractivity contribution is 5.95. The summed E-state index contributed by atoms with van der Waals surface area (Å²) in [5, 5.41) is 10.5. The lowest BCUT2D eigenvalue weighted by Gasteiger charge is -2.38. The van der Waals surface area contributed by atoms with Crippen LogP contribution in [0.1, 0.15) is 43.0 Å². The summed E-state index contributed by atoms with van der Waals surface area (Å²) in [6, 6.07) is 7.77. The topological polar surface area (TPSA) is 90.2 Å². The molecule has 8 heteroatoms. The molecule has 33 heavy (non-hydrogen) atoms. The summed E-state index contributed by atoms with van der Waals surface area (Å²) in [5.41, 5.74) is 1.78. The molecule has 1 N–H and O–H groups in total. The number of aromatic nitrogens is 1. The molecule has 0 radical (unpaired) electrons. The number of fused-ring (bicyclic) bond motifs is 1. The first-order valence-electron chi connectivity index (χ1n) is 11.6. The number of carbonyl (C=O) groups is 2. The number of para-hydroxylation sites is 1. The van der Waals surface area contributed by atoms with E-state index in [0.29, 0.717) is 45.8 Å². The Hall–Kier alpha value is -2.68. The smallest absolute Gasteiger partial charge is 0.288 e. The van der Waals surface area contributed by atoms with Crippen LogP contribution in [-0.4, -0.2) is 72.2 Å². The van der Waals surface area contributed by atoms with Crippen LogP contribution in [0.4, 0.5) is 0 Å². The van der Waals surface area contributed by atoms with Gasteiger partial charge in [0, 0.05) is 56.6 Å². The third-order valence-electron chi connectivity index (χ3n) is 6.36. The first-order valence-corrected chi connectivity index (χ1v) is 11.6. The van der Waals surface area contributed by atoms with Crippen LogP contribution < -0.4 is 0 Å². The van der Waals surface area contributed by atoms with Gasteiger partial charge in [0.15, 0.2) is 5.76 Å². The molecule has 3 atom stereocenters. The fourth-order valence-corrected chi connectivity index (χ4v) is 4.77. The number of carbonyl (C=O) groups excluding carboxylic acids is 2. The number of rotatable bonds is 7. The largest absolute Gasteiger partial charge is 0.459 e. The van der Waals surface area contributed by atoms with Crippen LogP contribution in [0.3, 0.4) is 0 Å². The molecule has 1 saturated heterocycles. The van der Waals surface area contributed by atoms with Crippen LogP contribution in [0, 0.1) is 5.92 Å². The van der Waals surface area contributed by atoms with Gasteiger partial charge >= 0.3 is 0 Å². The summed E-state index contributed by atoms with van der Waals surface area (Å²) >= 11 is 0. The Bertz CT molecular complexity index is 1020. The number of amides is 1. The molecular weight excluding hydrogens is 424 g/mol. The average Bonchev–Trinajstić information content (AvgIpc) is 3.23. The first kappa shape index (κ1) is 23.5. The Labute approximate surface area is 193 Å². The Morgan fingerprint density at radius 3 is 2.67 bits per heavy atom. The van der Waals surface area contributed by atoms with Crippen LogP contribution in [0.15, 0.2) is 42.3 Å². The van der Waals surface area contributed by atoms with Crippen LogP contribution >= 0.6 is 0 Å². The average molecular weight is 457 g/mol. The van der Waals surface area contributed by atoms with E-state index in [1.165, 1.54) is 6.92 Å². The van der Waals surface area contributed by atoms with Gasteiger partial charge in [-0.25, -0.2) is 0 Å². The van der Waals surface area contributed by atoms with Gasteiger partial charge in [-0.1, -0.05) is 18.2 Å². The van der Waals surface area contributed by atoms with Crippen molar-refractivity contribution >= 4 is 22.7 Å². The van der Waals surface area contributed by atoms with Gasteiger partial charge in [0.1, 0.15) is 0 Å². The third-order valence-corrected chi connectivity index (χ3v) is 6.36. The standard InChI is InChI=1S/C25H32N2O6/c1-3-32-25-19(8-6-12-28)20(15-23(33-25)24(30)26-10-13-31-14-11-26)21-16-27(17(2)29)22-9-5-4-7-18(21)22/h4-5,7,9,15-16,19-20,25,28H,3,6,8,10-14H2,1-2H3/t19-,20-,25+/m0/s1. The predicted molar refractivity (Wildman–Crippen MR) is 123 cm³/mol. The van der Waals surface area contributed by atoms with Gasteiger partial charge in [-0.3, -0.25) is 14.2 Å². The normalized spacial score (nSPS) is 23.3. The Balaban J connectivity index is 1.81. The second-order valence-electron chi connectivity index (χ2n) is 8.42. The molecule has 2 aliphatic heterocycles. The van der Waals surface area contributed by atoms with Crippen molar-refractivity contribution in [3.63, 3.8) is 0 Å². The Morgan fingerprint density at radius 1 is 1.21 bits per heavy atom. The fraction of sp³-hybridized carbons (Fsp3) is 0.520.